The van der Waals surface area contributed by atoms with Crippen molar-refractivity contribution >= 4 is 0 Å². The van der Waals surface area contributed by atoms with Crippen LogP contribution < -0.4 is 4.84 Å². The fraction of sp³-hybridized carbons (Fsp3) is 0.148. The van der Waals surface area contributed by atoms with Gasteiger partial charge in [-0.2, -0.15) is 0 Å². The summed E-state index contributed by atoms with van der Waals surface area (Å²) in [6.45, 7) is 1.96. The van der Waals surface area contributed by atoms with Crippen molar-refractivity contribution in [3.8, 4) is 45.1 Å². The van der Waals surface area contributed by atoms with Crippen LogP contribution >= 0.6 is 0 Å². The highest BCUT2D eigenvalue weighted by atomic mass is 16.7. The minimum absolute atomic E-state index is 0.252. The summed E-state index contributed by atoms with van der Waals surface area (Å²) in [5.74, 6) is 1.10. The highest BCUT2D eigenvalue weighted by Crippen LogP contribution is 2.34. The van der Waals surface area contributed by atoms with E-state index in [1.807, 2.05) is 53.6 Å². The molecule has 1 aliphatic heterocycles. The molecule has 0 unspecified atom stereocenters. The molecule has 31 heavy (non-hydrogen) atoms. The van der Waals surface area contributed by atoms with Gasteiger partial charge in [0.15, 0.2) is 0 Å². The number of nitrogens with zero attached hydrogens (tertiary/aromatic N) is 2. The molecule has 1 aliphatic rings. The van der Waals surface area contributed by atoms with Crippen LogP contribution in [0.2, 0.25) is 0 Å². The highest BCUT2D eigenvalue weighted by molar-refractivity contribution is 5.83. The van der Waals surface area contributed by atoms with Crippen molar-refractivity contribution in [3.63, 3.8) is 0 Å². The second-order valence-electron chi connectivity index (χ2n) is 7.76. The summed E-state index contributed by atoms with van der Waals surface area (Å²) < 4.78 is 0. The molecule has 0 bridgehead atoms. The van der Waals surface area contributed by atoms with Gasteiger partial charge in [-0.05, 0) is 60.9 Å². The second kappa shape index (κ2) is 8.62. The predicted molar refractivity (Wildman–Crippen MR) is 124 cm³/mol. The summed E-state index contributed by atoms with van der Waals surface area (Å²) >= 11 is 0. The summed E-state index contributed by atoms with van der Waals surface area (Å²) in [5.41, 5.74) is 5.96. The number of benzene rings is 3. The molecule has 0 amide bonds. The van der Waals surface area contributed by atoms with Gasteiger partial charge in [-0.1, -0.05) is 48.5 Å². The average molecular weight is 409 g/mol. The van der Waals surface area contributed by atoms with E-state index in [0.29, 0.717) is 0 Å². The lowest BCUT2D eigenvalue weighted by Gasteiger charge is -2.16. The third-order valence-corrected chi connectivity index (χ3v) is 5.57. The van der Waals surface area contributed by atoms with Gasteiger partial charge in [0.25, 0.3) is 0 Å². The van der Waals surface area contributed by atoms with E-state index in [-0.39, 0.29) is 5.75 Å². The van der Waals surface area contributed by atoms with E-state index in [0.717, 1.165) is 52.5 Å². The Morgan fingerprint density at radius 1 is 0.677 bits per heavy atom. The number of aromatic hydroxyl groups is 1. The minimum Gasteiger partial charge on any atom is -0.508 e. The normalized spacial score (nSPS) is 13.9. The number of hydroxylamine groups is 2. The van der Waals surface area contributed by atoms with E-state index in [2.05, 4.69) is 30.3 Å². The molecule has 0 saturated carbocycles. The zero-order valence-electron chi connectivity index (χ0n) is 17.2. The van der Waals surface area contributed by atoms with Crippen molar-refractivity contribution in [2.24, 2.45) is 0 Å². The summed E-state index contributed by atoms with van der Waals surface area (Å²) in [5, 5.41) is 11.7. The molecule has 4 aromatic rings. The molecule has 1 aromatic heterocycles. The molecule has 154 valence electrons. The lowest BCUT2D eigenvalue weighted by atomic mass is 9.97. The van der Waals surface area contributed by atoms with Gasteiger partial charge in [0.2, 0.25) is 0 Å². The van der Waals surface area contributed by atoms with E-state index >= 15 is 0 Å². The Morgan fingerprint density at radius 2 is 1.35 bits per heavy atom. The lowest BCUT2D eigenvalue weighted by molar-refractivity contribution is -0.0346. The van der Waals surface area contributed by atoms with Crippen LogP contribution in [0.1, 0.15) is 12.8 Å². The number of phenols is 1. The maximum Gasteiger partial charge on any atom is 0.147 e. The van der Waals surface area contributed by atoms with Gasteiger partial charge < -0.3 is 9.94 Å². The molecule has 3 aromatic carbocycles. The van der Waals surface area contributed by atoms with Crippen molar-refractivity contribution < 1.29 is 9.94 Å². The topological polar surface area (TPSA) is 45.6 Å². The zero-order chi connectivity index (χ0) is 21.0. The van der Waals surface area contributed by atoms with Crippen LogP contribution in [0, 0.1) is 0 Å². The first kappa shape index (κ1) is 19.3. The van der Waals surface area contributed by atoms with Crippen LogP contribution in [0.15, 0.2) is 91.0 Å². The van der Waals surface area contributed by atoms with Crippen LogP contribution in [0.4, 0.5) is 0 Å². The molecule has 0 radical (unpaired) electrons. The number of hydrogen-bond acceptors (Lipinski definition) is 4. The van der Waals surface area contributed by atoms with Crippen LogP contribution in [0.25, 0.3) is 33.6 Å². The van der Waals surface area contributed by atoms with Crippen molar-refractivity contribution in [3.05, 3.63) is 91.0 Å². The Balaban J connectivity index is 1.54. The van der Waals surface area contributed by atoms with E-state index in [1.165, 1.54) is 12.8 Å². The fourth-order valence-electron chi connectivity index (χ4n) is 3.92. The first-order chi connectivity index (χ1) is 15.3. The lowest BCUT2D eigenvalue weighted by Crippen LogP contribution is -2.23. The number of hydrogen-bond donors (Lipinski definition) is 1. The first-order valence-electron chi connectivity index (χ1n) is 10.7. The smallest absolute Gasteiger partial charge is 0.147 e. The Kier molecular flexibility index (Phi) is 5.38. The van der Waals surface area contributed by atoms with Gasteiger partial charge in [-0.25, -0.2) is 4.98 Å². The maximum absolute atomic E-state index is 9.70. The van der Waals surface area contributed by atoms with Crippen molar-refractivity contribution in [1.29, 1.82) is 0 Å². The number of pyridine rings is 1. The molecule has 4 heteroatoms. The van der Waals surface area contributed by atoms with Crippen LogP contribution in [-0.2, 0) is 0 Å². The van der Waals surface area contributed by atoms with E-state index in [9.17, 15) is 5.11 Å². The Hall–Kier alpha value is -3.63. The molecule has 0 aliphatic carbocycles. The molecule has 5 rings (SSSR count). The summed E-state index contributed by atoms with van der Waals surface area (Å²) in [6, 6.07) is 29.7. The van der Waals surface area contributed by atoms with Crippen molar-refractivity contribution in [2.45, 2.75) is 12.8 Å². The first-order valence-corrected chi connectivity index (χ1v) is 10.7. The van der Waals surface area contributed by atoms with Crippen LogP contribution in [0.5, 0.6) is 11.5 Å². The Bertz CT molecular complexity index is 1150. The SMILES string of the molecule is Oc1ccc(-c2ccc(-c3ccccc3)nc2-c2ccc(ON3CCCC3)cc2)cc1. The molecular formula is C27H24N2O2. The minimum atomic E-state index is 0.252. The largest absolute Gasteiger partial charge is 0.508 e. The van der Waals surface area contributed by atoms with E-state index in [4.69, 9.17) is 9.82 Å². The average Bonchev–Trinajstić information content (AvgIpc) is 3.34. The van der Waals surface area contributed by atoms with Crippen molar-refractivity contribution in [1.82, 2.24) is 10.0 Å². The molecule has 1 N–H and O–H groups in total. The number of phenolic OH excluding ortho intramolecular Hbond substituents is 1. The Morgan fingerprint density at radius 3 is 2.06 bits per heavy atom. The predicted octanol–water partition coefficient (Wildman–Crippen LogP) is 6.18. The summed E-state index contributed by atoms with van der Waals surface area (Å²) in [6.07, 6.45) is 2.37. The van der Waals surface area contributed by atoms with Gasteiger partial charge in [0.1, 0.15) is 11.5 Å². The fourth-order valence-corrected chi connectivity index (χ4v) is 3.92. The van der Waals surface area contributed by atoms with Crippen molar-refractivity contribution in [2.75, 3.05) is 13.1 Å². The molecule has 2 heterocycles. The molecule has 4 nitrogen and oxygen atoms in total. The van der Waals surface area contributed by atoms with Gasteiger partial charge in [-0.15, -0.1) is 5.06 Å². The standard InChI is InChI=1S/C27H24N2O2/c30-23-12-8-20(9-13-23)25-16-17-26(21-6-2-1-3-7-21)28-27(25)22-10-14-24(15-11-22)31-29-18-4-5-19-29/h1-3,6-17,30H,4-5,18-19H2. The Labute approximate surface area is 182 Å². The van der Waals surface area contributed by atoms with Crippen LogP contribution in [0.3, 0.4) is 0 Å². The second-order valence-corrected chi connectivity index (χ2v) is 7.76. The summed E-state index contributed by atoms with van der Waals surface area (Å²) in [4.78, 5) is 11.0. The molecule has 1 saturated heterocycles. The van der Waals surface area contributed by atoms with Gasteiger partial charge in [-0.3, -0.25) is 0 Å². The van der Waals surface area contributed by atoms with E-state index < -0.39 is 0 Å². The number of aromatic nitrogens is 1. The quantitative estimate of drug-likeness (QED) is 0.428. The molecular weight excluding hydrogens is 384 g/mol. The molecule has 1 fully saturated rings. The monoisotopic (exact) mass is 408 g/mol. The third kappa shape index (κ3) is 4.30. The highest BCUT2D eigenvalue weighted by Gasteiger charge is 2.15. The van der Waals surface area contributed by atoms with Crippen LogP contribution in [-0.4, -0.2) is 28.2 Å². The zero-order valence-corrected chi connectivity index (χ0v) is 17.2. The summed E-state index contributed by atoms with van der Waals surface area (Å²) in [7, 11) is 0. The van der Waals surface area contributed by atoms with E-state index in [1.54, 1.807) is 12.1 Å². The van der Waals surface area contributed by atoms with Gasteiger partial charge >= 0.3 is 0 Å². The molecule has 0 spiro atoms. The maximum atomic E-state index is 9.70. The van der Waals surface area contributed by atoms with Gasteiger partial charge in [0, 0.05) is 29.8 Å². The molecule has 0 atom stereocenters. The van der Waals surface area contributed by atoms with Gasteiger partial charge in [0.05, 0.1) is 11.4 Å². The third-order valence-electron chi connectivity index (χ3n) is 5.57. The number of rotatable bonds is 5.